The van der Waals surface area contributed by atoms with Crippen molar-refractivity contribution in [1.82, 2.24) is 30.0 Å². The topological polar surface area (TPSA) is 68.1 Å². The number of hydrogen-bond acceptors (Lipinski definition) is 6. The summed E-state index contributed by atoms with van der Waals surface area (Å²) in [5.74, 6) is 1.60. The Morgan fingerprint density at radius 1 is 1.27 bits per heavy atom. The second-order valence-electron chi connectivity index (χ2n) is 7.22. The van der Waals surface area contributed by atoms with E-state index in [1.807, 2.05) is 30.3 Å². The van der Waals surface area contributed by atoms with Gasteiger partial charge in [0.2, 0.25) is 0 Å². The number of likely N-dealkylation sites (N-methyl/N-ethyl adjacent to an activating group) is 1. The number of rotatable bonds is 7. The van der Waals surface area contributed by atoms with E-state index in [-0.39, 0.29) is 12.1 Å². The van der Waals surface area contributed by atoms with Gasteiger partial charge in [-0.25, -0.2) is 9.97 Å². The van der Waals surface area contributed by atoms with Gasteiger partial charge in [0.1, 0.15) is 5.82 Å². The van der Waals surface area contributed by atoms with Crippen LogP contribution in [0.4, 0.5) is 0 Å². The standard InChI is InChI=1S/C19H28N6O/c1-3-25-8-9-26-17(18(25)16-6-7-23-24(16)2)13-20-10-14-11-21-19(22-12-14)15-4-5-15/h6-7,11-12,15,17-18,20H,3-5,8-10,13H2,1-2H3/t17-,18-/m0/s1. The minimum absolute atomic E-state index is 0.103. The monoisotopic (exact) mass is 356 g/mol. The maximum atomic E-state index is 6.12. The molecule has 2 aromatic rings. The summed E-state index contributed by atoms with van der Waals surface area (Å²) in [5.41, 5.74) is 2.32. The van der Waals surface area contributed by atoms with Gasteiger partial charge >= 0.3 is 0 Å². The van der Waals surface area contributed by atoms with Crippen LogP contribution in [-0.2, 0) is 18.3 Å². The third kappa shape index (κ3) is 3.79. The van der Waals surface area contributed by atoms with Crippen molar-refractivity contribution < 1.29 is 4.74 Å². The molecule has 2 fully saturated rings. The van der Waals surface area contributed by atoms with E-state index in [9.17, 15) is 0 Å². The first-order valence-electron chi connectivity index (χ1n) is 9.61. The molecule has 0 radical (unpaired) electrons. The Morgan fingerprint density at radius 3 is 2.73 bits per heavy atom. The highest BCUT2D eigenvalue weighted by atomic mass is 16.5. The summed E-state index contributed by atoms with van der Waals surface area (Å²) in [4.78, 5) is 11.5. The van der Waals surface area contributed by atoms with Crippen molar-refractivity contribution in [3.8, 4) is 0 Å². The van der Waals surface area contributed by atoms with Crippen molar-refractivity contribution in [3.05, 3.63) is 41.7 Å². The van der Waals surface area contributed by atoms with Gasteiger partial charge in [0.05, 0.1) is 24.4 Å². The quantitative estimate of drug-likeness (QED) is 0.813. The maximum Gasteiger partial charge on any atom is 0.131 e. The summed E-state index contributed by atoms with van der Waals surface area (Å²) in [5, 5.41) is 7.88. The number of hydrogen-bond donors (Lipinski definition) is 1. The fourth-order valence-corrected chi connectivity index (χ4v) is 3.73. The van der Waals surface area contributed by atoms with E-state index >= 15 is 0 Å². The van der Waals surface area contributed by atoms with Crippen LogP contribution in [0, 0.1) is 0 Å². The molecule has 1 saturated heterocycles. The molecule has 0 aromatic carbocycles. The minimum atomic E-state index is 0.103. The molecule has 2 atom stereocenters. The van der Waals surface area contributed by atoms with E-state index in [2.05, 4.69) is 38.3 Å². The molecule has 2 aliphatic rings. The minimum Gasteiger partial charge on any atom is -0.374 e. The predicted octanol–water partition coefficient (Wildman–Crippen LogP) is 1.64. The zero-order chi connectivity index (χ0) is 17.9. The summed E-state index contributed by atoms with van der Waals surface area (Å²) in [7, 11) is 2.00. The van der Waals surface area contributed by atoms with E-state index in [0.29, 0.717) is 5.92 Å². The first kappa shape index (κ1) is 17.6. The second kappa shape index (κ2) is 7.82. The van der Waals surface area contributed by atoms with Crippen LogP contribution in [-0.4, -0.2) is 57.0 Å². The highest BCUT2D eigenvalue weighted by molar-refractivity contribution is 5.12. The van der Waals surface area contributed by atoms with Crippen molar-refractivity contribution in [2.24, 2.45) is 7.05 Å². The molecule has 3 heterocycles. The van der Waals surface area contributed by atoms with Crippen LogP contribution >= 0.6 is 0 Å². The molecule has 0 amide bonds. The molecule has 26 heavy (non-hydrogen) atoms. The van der Waals surface area contributed by atoms with Crippen molar-refractivity contribution in [2.75, 3.05) is 26.2 Å². The Kier molecular flexibility index (Phi) is 5.28. The average molecular weight is 356 g/mol. The Morgan fingerprint density at radius 2 is 2.08 bits per heavy atom. The van der Waals surface area contributed by atoms with Gasteiger partial charge in [0.15, 0.2) is 0 Å². The smallest absolute Gasteiger partial charge is 0.131 e. The Bertz CT molecular complexity index is 711. The van der Waals surface area contributed by atoms with E-state index in [0.717, 1.165) is 44.2 Å². The number of morpholine rings is 1. The van der Waals surface area contributed by atoms with Crippen LogP contribution in [0.1, 0.15) is 48.8 Å². The molecule has 140 valence electrons. The maximum absolute atomic E-state index is 6.12. The number of ether oxygens (including phenoxy) is 1. The lowest BCUT2D eigenvalue weighted by Gasteiger charge is -2.40. The zero-order valence-electron chi connectivity index (χ0n) is 15.6. The van der Waals surface area contributed by atoms with E-state index in [4.69, 9.17) is 4.74 Å². The molecule has 7 heteroatoms. The summed E-state index contributed by atoms with van der Waals surface area (Å²) in [6, 6.07) is 2.32. The van der Waals surface area contributed by atoms with Gasteiger partial charge in [-0.1, -0.05) is 6.92 Å². The van der Waals surface area contributed by atoms with Crippen molar-refractivity contribution in [3.63, 3.8) is 0 Å². The number of nitrogens with one attached hydrogen (secondary N) is 1. The molecule has 4 rings (SSSR count). The lowest BCUT2D eigenvalue weighted by Crippen LogP contribution is -2.49. The number of nitrogens with zero attached hydrogens (tertiary/aromatic N) is 5. The molecule has 0 unspecified atom stereocenters. The summed E-state index contributed by atoms with van der Waals surface area (Å²) in [6.07, 6.45) is 8.34. The third-order valence-corrected chi connectivity index (χ3v) is 5.37. The van der Waals surface area contributed by atoms with Gasteiger partial charge in [-0.2, -0.15) is 5.10 Å². The SMILES string of the molecule is CCN1CCO[C@@H](CNCc2cnc(C3CC3)nc2)[C@@H]1c1ccnn1C. The fraction of sp³-hybridized carbons (Fsp3) is 0.632. The van der Waals surface area contributed by atoms with Crippen LogP contribution < -0.4 is 5.32 Å². The summed E-state index contributed by atoms with van der Waals surface area (Å²) < 4.78 is 8.08. The molecular formula is C19H28N6O. The predicted molar refractivity (Wildman–Crippen MR) is 98.6 cm³/mol. The Hall–Kier alpha value is -1.83. The van der Waals surface area contributed by atoms with Crippen LogP contribution in [0.5, 0.6) is 0 Å². The Labute approximate surface area is 154 Å². The van der Waals surface area contributed by atoms with Crippen molar-refractivity contribution in [1.29, 1.82) is 0 Å². The molecule has 1 saturated carbocycles. The van der Waals surface area contributed by atoms with Crippen LogP contribution in [0.2, 0.25) is 0 Å². The number of aromatic nitrogens is 4. The Balaban J connectivity index is 1.38. The molecule has 1 aliphatic heterocycles. The lowest BCUT2D eigenvalue weighted by molar-refractivity contribution is -0.0718. The van der Waals surface area contributed by atoms with E-state index < -0.39 is 0 Å². The van der Waals surface area contributed by atoms with Gasteiger partial charge in [0, 0.05) is 56.8 Å². The molecule has 0 spiro atoms. The van der Waals surface area contributed by atoms with Crippen LogP contribution in [0.15, 0.2) is 24.7 Å². The highest BCUT2D eigenvalue weighted by Gasteiger charge is 2.34. The summed E-state index contributed by atoms with van der Waals surface area (Å²) in [6.45, 7) is 6.49. The average Bonchev–Trinajstić information content (AvgIpc) is 3.44. The molecule has 0 bridgehead atoms. The summed E-state index contributed by atoms with van der Waals surface area (Å²) >= 11 is 0. The number of aryl methyl sites for hydroxylation is 1. The van der Waals surface area contributed by atoms with Crippen LogP contribution in [0.3, 0.4) is 0 Å². The molecular weight excluding hydrogens is 328 g/mol. The van der Waals surface area contributed by atoms with E-state index in [1.165, 1.54) is 18.5 Å². The fourth-order valence-electron chi connectivity index (χ4n) is 3.73. The highest BCUT2D eigenvalue weighted by Crippen LogP contribution is 2.37. The second-order valence-corrected chi connectivity index (χ2v) is 7.22. The normalized spacial score (nSPS) is 24.1. The van der Waals surface area contributed by atoms with Gasteiger partial charge in [-0.05, 0) is 25.5 Å². The van der Waals surface area contributed by atoms with Gasteiger partial charge in [-0.3, -0.25) is 9.58 Å². The van der Waals surface area contributed by atoms with Gasteiger partial charge in [-0.15, -0.1) is 0 Å². The molecule has 1 aliphatic carbocycles. The van der Waals surface area contributed by atoms with Crippen LogP contribution in [0.25, 0.3) is 0 Å². The van der Waals surface area contributed by atoms with Gasteiger partial charge < -0.3 is 10.1 Å². The van der Waals surface area contributed by atoms with Crippen molar-refractivity contribution >= 4 is 0 Å². The molecule has 7 nitrogen and oxygen atoms in total. The largest absolute Gasteiger partial charge is 0.374 e. The van der Waals surface area contributed by atoms with Gasteiger partial charge in [0.25, 0.3) is 0 Å². The molecule has 2 aromatic heterocycles. The van der Waals surface area contributed by atoms with E-state index in [1.54, 1.807) is 0 Å². The lowest BCUT2D eigenvalue weighted by atomic mass is 10.0. The first-order valence-corrected chi connectivity index (χ1v) is 9.61. The molecule has 1 N–H and O–H groups in total. The first-order chi connectivity index (χ1) is 12.8. The van der Waals surface area contributed by atoms with Crippen molar-refractivity contribution in [2.45, 2.75) is 44.4 Å². The third-order valence-electron chi connectivity index (χ3n) is 5.37. The zero-order valence-corrected chi connectivity index (χ0v) is 15.6.